The highest BCUT2D eigenvalue weighted by molar-refractivity contribution is 6.29. The molecule has 1 saturated heterocycles. The lowest BCUT2D eigenvalue weighted by atomic mass is 9.89. The van der Waals surface area contributed by atoms with Gasteiger partial charge in [-0.05, 0) is 49.7 Å². The molecule has 0 bridgehead atoms. The van der Waals surface area contributed by atoms with E-state index in [1.54, 1.807) is 24.4 Å². The second-order valence-corrected chi connectivity index (χ2v) is 7.32. The normalized spacial score (nSPS) is 22.8. The van der Waals surface area contributed by atoms with E-state index in [9.17, 15) is 9.59 Å². The maximum atomic E-state index is 13.3. The first-order valence-corrected chi connectivity index (χ1v) is 9.97. The molecular formula is C23H25N3O2. The van der Waals surface area contributed by atoms with Gasteiger partial charge < -0.3 is 0 Å². The number of carbonyl (C=O) groups is 2. The van der Waals surface area contributed by atoms with Crippen LogP contribution < -0.4 is 4.90 Å². The Morgan fingerprint density at radius 1 is 1.07 bits per heavy atom. The molecule has 2 aliphatic rings. The van der Waals surface area contributed by atoms with Crippen LogP contribution in [0.1, 0.15) is 41.6 Å². The van der Waals surface area contributed by atoms with Crippen molar-refractivity contribution in [2.75, 3.05) is 24.5 Å². The van der Waals surface area contributed by atoms with Gasteiger partial charge in [-0.2, -0.15) is 0 Å². The molecule has 28 heavy (non-hydrogen) atoms. The third-order valence-corrected chi connectivity index (χ3v) is 5.71. The van der Waals surface area contributed by atoms with Crippen LogP contribution in [0.3, 0.4) is 0 Å². The number of carbonyl (C=O) groups excluding carboxylic acids is 2. The number of aliphatic imine (C=N–C) groups is 1. The summed E-state index contributed by atoms with van der Waals surface area (Å²) in [5.41, 5.74) is 1.91. The minimum atomic E-state index is -0.536. The van der Waals surface area contributed by atoms with Crippen LogP contribution in [-0.4, -0.2) is 48.6 Å². The summed E-state index contributed by atoms with van der Waals surface area (Å²) >= 11 is 0. The maximum absolute atomic E-state index is 13.3. The average molecular weight is 375 g/mol. The Morgan fingerprint density at radius 2 is 1.82 bits per heavy atom. The zero-order valence-corrected chi connectivity index (χ0v) is 16.1. The van der Waals surface area contributed by atoms with E-state index in [-0.39, 0.29) is 11.8 Å². The first kappa shape index (κ1) is 18.6. The van der Waals surface area contributed by atoms with Crippen molar-refractivity contribution in [2.45, 2.75) is 31.7 Å². The zero-order chi connectivity index (χ0) is 19.5. The number of anilines is 1. The van der Waals surface area contributed by atoms with Gasteiger partial charge in [-0.15, -0.1) is 0 Å². The van der Waals surface area contributed by atoms with Gasteiger partial charge in [0.2, 0.25) is 5.91 Å². The van der Waals surface area contributed by atoms with Crippen molar-refractivity contribution < 1.29 is 9.59 Å². The molecule has 4 rings (SSSR count). The Labute approximate surface area is 165 Å². The van der Waals surface area contributed by atoms with Crippen LogP contribution in [0, 0.1) is 0 Å². The molecule has 2 aliphatic heterocycles. The monoisotopic (exact) mass is 375 g/mol. The Balaban J connectivity index is 1.63. The van der Waals surface area contributed by atoms with Crippen LogP contribution in [0.5, 0.6) is 0 Å². The Morgan fingerprint density at radius 3 is 2.61 bits per heavy atom. The molecule has 2 aromatic carbocycles. The summed E-state index contributed by atoms with van der Waals surface area (Å²) in [6, 6.07) is 16.9. The topological polar surface area (TPSA) is 53.0 Å². The van der Waals surface area contributed by atoms with Crippen LogP contribution in [0.2, 0.25) is 0 Å². The number of hydrogen-bond donors (Lipinski definition) is 0. The van der Waals surface area contributed by atoms with Crippen molar-refractivity contribution in [1.29, 1.82) is 0 Å². The number of likely N-dealkylation sites (tertiary alicyclic amines) is 1. The van der Waals surface area contributed by atoms with Crippen molar-refractivity contribution in [3.63, 3.8) is 0 Å². The predicted molar refractivity (Wildman–Crippen MR) is 111 cm³/mol. The third-order valence-electron chi connectivity index (χ3n) is 5.71. The van der Waals surface area contributed by atoms with Crippen LogP contribution >= 0.6 is 0 Å². The molecule has 2 atom stereocenters. The molecule has 1 fully saturated rings. The second-order valence-electron chi connectivity index (χ2n) is 7.32. The lowest BCUT2D eigenvalue weighted by Crippen LogP contribution is -2.45. The fourth-order valence-corrected chi connectivity index (χ4v) is 4.23. The molecule has 0 aliphatic carbocycles. The maximum Gasteiger partial charge on any atom is 0.265 e. The highest BCUT2D eigenvalue weighted by Gasteiger charge is 2.38. The van der Waals surface area contributed by atoms with E-state index in [0.29, 0.717) is 23.8 Å². The first-order chi connectivity index (χ1) is 13.7. The summed E-state index contributed by atoms with van der Waals surface area (Å²) in [7, 11) is 0. The van der Waals surface area contributed by atoms with E-state index in [1.165, 1.54) is 11.3 Å². The molecule has 2 aromatic rings. The van der Waals surface area contributed by atoms with E-state index < -0.39 is 5.92 Å². The van der Waals surface area contributed by atoms with Gasteiger partial charge in [-0.25, -0.2) is 4.90 Å². The lowest BCUT2D eigenvalue weighted by Gasteiger charge is -2.31. The zero-order valence-electron chi connectivity index (χ0n) is 16.1. The SMILES string of the molecule is CCN1CCC[C@@H]1CN=CC1C(=O)N(c2ccccc2)C(=O)c2ccccc21. The van der Waals surface area contributed by atoms with E-state index in [0.717, 1.165) is 25.1 Å². The van der Waals surface area contributed by atoms with Crippen LogP contribution in [0.4, 0.5) is 5.69 Å². The van der Waals surface area contributed by atoms with Gasteiger partial charge >= 0.3 is 0 Å². The summed E-state index contributed by atoms with van der Waals surface area (Å²) in [6.07, 6.45) is 4.10. The summed E-state index contributed by atoms with van der Waals surface area (Å²) in [6.45, 7) is 5.02. The van der Waals surface area contributed by atoms with E-state index >= 15 is 0 Å². The number of fused-ring (bicyclic) bond motifs is 1. The minimum absolute atomic E-state index is 0.239. The molecule has 5 nitrogen and oxygen atoms in total. The Hall–Kier alpha value is -2.79. The number of nitrogens with zero attached hydrogens (tertiary/aromatic N) is 3. The standard InChI is InChI=1S/C23H25N3O2/c1-2-25-14-8-11-18(25)15-24-16-21-19-12-6-7-13-20(19)22(27)26(23(21)28)17-9-4-3-5-10-17/h3-7,9-10,12-13,16,18,21H,2,8,11,14-15H2,1H3/t18-,21?/m1/s1. The molecule has 1 unspecified atom stereocenters. The highest BCUT2D eigenvalue weighted by atomic mass is 16.2. The van der Waals surface area contributed by atoms with Crippen molar-refractivity contribution in [2.24, 2.45) is 4.99 Å². The summed E-state index contributed by atoms with van der Waals surface area (Å²) in [5, 5.41) is 0. The molecule has 0 saturated carbocycles. The van der Waals surface area contributed by atoms with Gasteiger partial charge in [0.1, 0.15) is 0 Å². The molecular weight excluding hydrogens is 350 g/mol. The number of para-hydroxylation sites is 1. The van der Waals surface area contributed by atoms with E-state index in [1.807, 2.05) is 36.4 Å². The molecule has 0 spiro atoms. The van der Waals surface area contributed by atoms with Crippen LogP contribution in [-0.2, 0) is 4.79 Å². The number of imide groups is 1. The Bertz CT molecular complexity index is 894. The summed E-state index contributed by atoms with van der Waals surface area (Å²) < 4.78 is 0. The van der Waals surface area contributed by atoms with Crippen LogP contribution in [0.25, 0.3) is 0 Å². The van der Waals surface area contributed by atoms with Crippen molar-refractivity contribution >= 4 is 23.7 Å². The summed E-state index contributed by atoms with van der Waals surface area (Å²) in [4.78, 5) is 34.6. The molecule has 5 heteroatoms. The van der Waals surface area contributed by atoms with Crippen molar-refractivity contribution in [1.82, 2.24) is 4.90 Å². The predicted octanol–water partition coefficient (Wildman–Crippen LogP) is 3.51. The quantitative estimate of drug-likeness (QED) is 0.594. The molecule has 0 radical (unpaired) electrons. The Kier molecular flexibility index (Phi) is 5.35. The van der Waals surface area contributed by atoms with Gasteiger partial charge in [-0.3, -0.25) is 19.5 Å². The number of hydrogen-bond acceptors (Lipinski definition) is 4. The lowest BCUT2D eigenvalue weighted by molar-refractivity contribution is -0.118. The number of benzene rings is 2. The molecule has 2 heterocycles. The highest BCUT2D eigenvalue weighted by Crippen LogP contribution is 2.31. The number of likely N-dealkylation sites (N-methyl/N-ethyl adjacent to an activating group) is 1. The van der Waals surface area contributed by atoms with E-state index in [2.05, 4.69) is 16.8 Å². The molecule has 0 N–H and O–H groups in total. The minimum Gasteiger partial charge on any atom is -0.299 e. The van der Waals surface area contributed by atoms with Gasteiger partial charge in [0.25, 0.3) is 5.91 Å². The fourth-order valence-electron chi connectivity index (χ4n) is 4.23. The van der Waals surface area contributed by atoms with Gasteiger partial charge in [0.15, 0.2) is 0 Å². The molecule has 0 aromatic heterocycles. The van der Waals surface area contributed by atoms with Gasteiger partial charge in [0, 0.05) is 17.8 Å². The average Bonchev–Trinajstić information content (AvgIpc) is 3.19. The van der Waals surface area contributed by atoms with Crippen molar-refractivity contribution in [3.8, 4) is 0 Å². The van der Waals surface area contributed by atoms with Crippen molar-refractivity contribution in [3.05, 3.63) is 65.7 Å². The van der Waals surface area contributed by atoms with Gasteiger partial charge in [-0.1, -0.05) is 43.3 Å². The summed E-state index contributed by atoms with van der Waals surface area (Å²) in [5.74, 6) is -1.05. The molecule has 2 amide bonds. The molecule has 144 valence electrons. The third kappa shape index (κ3) is 3.38. The number of amides is 2. The second kappa shape index (κ2) is 8.07. The van der Waals surface area contributed by atoms with Crippen LogP contribution in [0.15, 0.2) is 59.6 Å². The first-order valence-electron chi connectivity index (χ1n) is 9.97. The van der Waals surface area contributed by atoms with E-state index in [4.69, 9.17) is 0 Å². The number of rotatable bonds is 5. The fraction of sp³-hybridized carbons (Fsp3) is 0.348. The van der Waals surface area contributed by atoms with Gasteiger partial charge in [0.05, 0.1) is 18.2 Å². The smallest absolute Gasteiger partial charge is 0.265 e. The largest absolute Gasteiger partial charge is 0.299 e.